The Morgan fingerprint density at radius 2 is 2.20 bits per heavy atom. The minimum absolute atomic E-state index is 0.227. The fraction of sp³-hybridized carbons (Fsp3) is 0.625. The zero-order valence-corrected chi connectivity index (χ0v) is 10.1. The van der Waals surface area contributed by atoms with Gasteiger partial charge in [-0.25, -0.2) is 4.79 Å². The number of hydrogen-bond donors (Lipinski definition) is 2. The van der Waals surface area contributed by atoms with Gasteiger partial charge >= 0.3 is 11.9 Å². The lowest BCUT2D eigenvalue weighted by atomic mass is 10.3. The maximum atomic E-state index is 10.7. The van der Waals surface area contributed by atoms with Gasteiger partial charge in [0.15, 0.2) is 6.04 Å². The summed E-state index contributed by atoms with van der Waals surface area (Å²) in [6, 6.07) is -0.986. The number of thiocarbonyl (C=S) groups is 1. The minimum atomic E-state index is -1.10. The van der Waals surface area contributed by atoms with Gasteiger partial charge in [-0.05, 0) is 5.75 Å². The van der Waals surface area contributed by atoms with Crippen molar-refractivity contribution in [3.63, 3.8) is 0 Å². The van der Waals surface area contributed by atoms with E-state index in [1.165, 1.54) is 18.7 Å². The van der Waals surface area contributed by atoms with Crippen LogP contribution < -0.4 is 5.32 Å². The normalized spacial score (nSPS) is 11.6. The Hall–Kier alpha value is -0.820. The van der Waals surface area contributed by atoms with Gasteiger partial charge in [0.2, 0.25) is 0 Å². The standard InChI is InChI=1S/C8H13NO4S2/c1-3-15-8(14)9-6(7(11)12)4-13-5(2)10/h6H,3-4H2,1-2H3,(H,9,14)(H,11,12)/t6-/m0/s1. The number of thioether (sulfide) groups is 1. The molecule has 0 radical (unpaired) electrons. The largest absolute Gasteiger partial charge is 0.480 e. The highest BCUT2D eigenvalue weighted by atomic mass is 32.2. The topological polar surface area (TPSA) is 75.6 Å². The molecule has 2 N–H and O–H groups in total. The van der Waals surface area contributed by atoms with Crippen LogP contribution in [0.25, 0.3) is 0 Å². The van der Waals surface area contributed by atoms with E-state index in [0.717, 1.165) is 5.75 Å². The van der Waals surface area contributed by atoms with Crippen LogP contribution in [-0.4, -0.2) is 39.8 Å². The first kappa shape index (κ1) is 14.2. The average molecular weight is 251 g/mol. The molecule has 0 aliphatic heterocycles. The summed E-state index contributed by atoms with van der Waals surface area (Å²) < 4.78 is 4.98. The number of nitrogens with one attached hydrogen (secondary N) is 1. The quantitative estimate of drug-likeness (QED) is 0.548. The molecule has 0 saturated heterocycles. The molecule has 0 heterocycles. The van der Waals surface area contributed by atoms with Crippen molar-refractivity contribution < 1.29 is 19.4 Å². The molecule has 0 aromatic heterocycles. The number of rotatable bonds is 5. The van der Waals surface area contributed by atoms with Crippen LogP contribution in [0.2, 0.25) is 0 Å². The summed E-state index contributed by atoms with van der Waals surface area (Å²) in [5, 5.41) is 11.4. The molecule has 0 bridgehead atoms. The van der Waals surface area contributed by atoms with Gasteiger partial charge in [-0.3, -0.25) is 4.79 Å². The molecule has 0 saturated carbocycles. The van der Waals surface area contributed by atoms with Gasteiger partial charge in [0.05, 0.1) is 0 Å². The number of carbonyl (C=O) groups is 2. The summed E-state index contributed by atoms with van der Waals surface area (Å²) in [6.45, 7) is 2.90. The molecule has 0 aliphatic rings. The van der Waals surface area contributed by atoms with Gasteiger partial charge in [-0.15, -0.1) is 0 Å². The average Bonchev–Trinajstić information content (AvgIpc) is 2.11. The van der Waals surface area contributed by atoms with E-state index in [9.17, 15) is 9.59 Å². The van der Waals surface area contributed by atoms with E-state index in [2.05, 4.69) is 10.1 Å². The first-order valence-corrected chi connectivity index (χ1v) is 5.66. The first-order chi connectivity index (χ1) is 6.97. The molecule has 0 aromatic rings. The summed E-state index contributed by atoms with van der Waals surface area (Å²) in [6.07, 6.45) is 0. The molecule has 0 rings (SSSR count). The van der Waals surface area contributed by atoms with Crippen molar-refractivity contribution in [2.24, 2.45) is 0 Å². The Labute approximate surface area is 97.6 Å². The third-order valence-electron chi connectivity index (χ3n) is 1.32. The van der Waals surface area contributed by atoms with Crippen LogP contribution in [0.5, 0.6) is 0 Å². The van der Waals surface area contributed by atoms with E-state index < -0.39 is 18.0 Å². The van der Waals surface area contributed by atoms with E-state index in [4.69, 9.17) is 17.3 Å². The SMILES string of the molecule is CCSC(=S)N[C@@H](COC(C)=O)C(=O)O. The third-order valence-corrected chi connectivity index (χ3v) is 2.46. The molecule has 1 atom stereocenters. The van der Waals surface area contributed by atoms with Gasteiger partial charge < -0.3 is 15.2 Å². The molecule has 86 valence electrons. The second kappa shape index (κ2) is 7.47. The van der Waals surface area contributed by atoms with Crippen molar-refractivity contribution >= 4 is 40.2 Å². The molecule has 0 unspecified atom stereocenters. The maximum Gasteiger partial charge on any atom is 0.329 e. The Bertz CT molecular complexity index is 257. The number of carboxylic acid groups (broad SMARTS) is 1. The van der Waals surface area contributed by atoms with Crippen LogP contribution in [0.1, 0.15) is 13.8 Å². The summed E-state index contributed by atoms with van der Waals surface area (Å²) in [5.41, 5.74) is 0. The Kier molecular flexibility index (Phi) is 7.06. The highest BCUT2D eigenvalue weighted by Crippen LogP contribution is 2.02. The Balaban J connectivity index is 4.10. The fourth-order valence-corrected chi connectivity index (χ4v) is 1.67. The van der Waals surface area contributed by atoms with Gasteiger partial charge in [-0.1, -0.05) is 30.9 Å². The molecule has 0 amide bonds. The van der Waals surface area contributed by atoms with Crippen LogP contribution in [0.15, 0.2) is 0 Å². The van der Waals surface area contributed by atoms with E-state index in [1.807, 2.05) is 6.92 Å². The van der Waals surface area contributed by atoms with Gasteiger partial charge in [0.25, 0.3) is 0 Å². The van der Waals surface area contributed by atoms with Crippen molar-refractivity contribution in [1.29, 1.82) is 0 Å². The number of ether oxygens (including phenoxy) is 1. The smallest absolute Gasteiger partial charge is 0.329 e. The number of esters is 1. The predicted molar refractivity (Wildman–Crippen MR) is 61.9 cm³/mol. The summed E-state index contributed by atoms with van der Waals surface area (Å²) in [5.74, 6) is -0.862. The zero-order valence-electron chi connectivity index (χ0n) is 8.48. The van der Waals surface area contributed by atoms with E-state index in [1.54, 1.807) is 0 Å². The summed E-state index contributed by atoms with van der Waals surface area (Å²) in [4.78, 5) is 21.2. The highest BCUT2D eigenvalue weighted by molar-refractivity contribution is 8.22. The van der Waals surface area contributed by atoms with E-state index in [-0.39, 0.29) is 6.61 Å². The third kappa shape index (κ3) is 7.15. The monoisotopic (exact) mass is 251 g/mol. The van der Waals surface area contributed by atoms with Crippen LogP contribution in [0.3, 0.4) is 0 Å². The number of carboxylic acids is 1. The molecule has 7 heteroatoms. The van der Waals surface area contributed by atoms with E-state index in [0.29, 0.717) is 4.32 Å². The second-order valence-corrected chi connectivity index (χ2v) is 4.50. The lowest BCUT2D eigenvalue weighted by Crippen LogP contribution is -2.42. The first-order valence-electron chi connectivity index (χ1n) is 4.26. The van der Waals surface area contributed by atoms with E-state index >= 15 is 0 Å². The zero-order chi connectivity index (χ0) is 11.8. The van der Waals surface area contributed by atoms with Crippen molar-refractivity contribution in [2.75, 3.05) is 12.4 Å². The van der Waals surface area contributed by atoms with Gasteiger partial charge in [0, 0.05) is 6.92 Å². The molecule has 0 aliphatic carbocycles. The second-order valence-electron chi connectivity index (χ2n) is 2.56. The summed E-state index contributed by atoms with van der Waals surface area (Å²) in [7, 11) is 0. The van der Waals surface area contributed by atoms with Crippen LogP contribution >= 0.6 is 24.0 Å². The molecule has 0 spiro atoms. The molecule has 0 fully saturated rings. The lowest BCUT2D eigenvalue weighted by molar-refractivity contribution is -0.146. The predicted octanol–water partition coefficient (Wildman–Crippen LogP) is 0.630. The van der Waals surface area contributed by atoms with Crippen molar-refractivity contribution in [3.8, 4) is 0 Å². The highest BCUT2D eigenvalue weighted by Gasteiger charge is 2.19. The molecular formula is C8H13NO4S2. The Morgan fingerprint density at radius 3 is 2.60 bits per heavy atom. The fourth-order valence-electron chi connectivity index (χ4n) is 0.690. The van der Waals surface area contributed by atoms with Gasteiger partial charge in [0.1, 0.15) is 10.9 Å². The minimum Gasteiger partial charge on any atom is -0.480 e. The maximum absolute atomic E-state index is 10.7. The number of hydrogen-bond acceptors (Lipinski definition) is 5. The van der Waals surface area contributed by atoms with Crippen LogP contribution in [0.4, 0.5) is 0 Å². The number of carbonyl (C=O) groups excluding carboxylic acids is 1. The van der Waals surface area contributed by atoms with Crippen LogP contribution in [0, 0.1) is 0 Å². The van der Waals surface area contributed by atoms with Crippen molar-refractivity contribution in [1.82, 2.24) is 5.32 Å². The molecular weight excluding hydrogens is 238 g/mol. The van der Waals surface area contributed by atoms with Gasteiger partial charge in [-0.2, -0.15) is 0 Å². The Morgan fingerprint density at radius 1 is 1.60 bits per heavy atom. The molecule has 5 nitrogen and oxygen atoms in total. The molecule has 15 heavy (non-hydrogen) atoms. The summed E-state index contributed by atoms with van der Waals surface area (Å²) >= 11 is 6.20. The lowest BCUT2D eigenvalue weighted by Gasteiger charge is -2.15. The van der Waals surface area contributed by atoms with Crippen molar-refractivity contribution in [3.05, 3.63) is 0 Å². The van der Waals surface area contributed by atoms with Crippen LogP contribution in [-0.2, 0) is 14.3 Å². The van der Waals surface area contributed by atoms with Crippen molar-refractivity contribution in [2.45, 2.75) is 19.9 Å². The molecule has 0 aromatic carbocycles. The number of aliphatic carboxylic acids is 1.